The van der Waals surface area contributed by atoms with Crippen molar-refractivity contribution in [3.05, 3.63) is 6.92 Å². The minimum atomic E-state index is -0.539. The third-order valence-corrected chi connectivity index (χ3v) is 2.03. The lowest BCUT2D eigenvalue weighted by molar-refractivity contribution is 0.0478. The summed E-state index contributed by atoms with van der Waals surface area (Å²) in [5.74, 6) is 0.562. The summed E-state index contributed by atoms with van der Waals surface area (Å²) in [7, 11) is 0. The van der Waals surface area contributed by atoms with Gasteiger partial charge < -0.3 is 10.0 Å². The first kappa shape index (κ1) is 8.53. The molecule has 1 saturated heterocycles. The molecule has 0 aliphatic carbocycles. The van der Waals surface area contributed by atoms with Crippen LogP contribution in [0.3, 0.4) is 0 Å². The summed E-state index contributed by atoms with van der Waals surface area (Å²) in [6.45, 7) is 4.42. The summed E-state index contributed by atoms with van der Waals surface area (Å²) < 4.78 is 0. The van der Waals surface area contributed by atoms with Gasteiger partial charge in [-0.3, -0.25) is 5.41 Å². The Kier molecular flexibility index (Phi) is 2.88. The normalized spacial score (nSPS) is 22.0. The Bertz CT molecular complexity index is 147. The van der Waals surface area contributed by atoms with Gasteiger partial charge in [0, 0.05) is 13.0 Å². The van der Waals surface area contributed by atoms with E-state index >= 15 is 0 Å². The Hall–Kier alpha value is -0.570. The molecule has 3 nitrogen and oxygen atoms in total. The highest BCUT2D eigenvalue weighted by molar-refractivity contribution is 5.79. The van der Waals surface area contributed by atoms with Gasteiger partial charge in [0.05, 0.1) is 5.84 Å². The van der Waals surface area contributed by atoms with Gasteiger partial charge in [-0.2, -0.15) is 0 Å². The molecule has 1 fully saturated rings. The van der Waals surface area contributed by atoms with Crippen LogP contribution in [0.2, 0.25) is 0 Å². The van der Waals surface area contributed by atoms with E-state index in [1.165, 1.54) is 0 Å². The van der Waals surface area contributed by atoms with E-state index in [9.17, 15) is 5.11 Å². The predicted octanol–water partition coefficient (Wildman–Crippen LogP) is 0.992. The molecule has 1 unspecified atom stereocenters. The first-order valence-corrected chi connectivity index (χ1v) is 4.07. The van der Waals surface area contributed by atoms with Crippen LogP contribution >= 0.6 is 0 Å². The van der Waals surface area contributed by atoms with E-state index in [0.29, 0.717) is 12.3 Å². The van der Waals surface area contributed by atoms with Crippen molar-refractivity contribution in [2.45, 2.75) is 31.9 Å². The fraction of sp³-hybridized carbons (Fsp3) is 0.750. The molecule has 2 N–H and O–H groups in total. The first-order chi connectivity index (χ1) is 5.25. The maximum absolute atomic E-state index is 9.38. The average Bonchev–Trinajstić information content (AvgIpc) is 2.04. The van der Waals surface area contributed by atoms with E-state index in [0.717, 1.165) is 25.8 Å². The Balaban J connectivity index is 2.47. The van der Waals surface area contributed by atoms with E-state index in [2.05, 4.69) is 6.92 Å². The Morgan fingerprint density at radius 1 is 1.64 bits per heavy atom. The quantitative estimate of drug-likeness (QED) is 0.624. The molecule has 1 rings (SSSR count). The fourth-order valence-corrected chi connectivity index (χ4v) is 1.34. The number of rotatable bonds is 2. The molecule has 1 atom stereocenters. The number of piperidine rings is 1. The monoisotopic (exact) mass is 155 g/mol. The van der Waals surface area contributed by atoms with Crippen molar-refractivity contribution >= 4 is 5.84 Å². The number of hydrogen-bond donors (Lipinski definition) is 2. The zero-order valence-corrected chi connectivity index (χ0v) is 6.71. The van der Waals surface area contributed by atoms with Crippen LogP contribution in [0.4, 0.5) is 0 Å². The lowest BCUT2D eigenvalue weighted by Gasteiger charge is -2.32. The van der Waals surface area contributed by atoms with Crippen LogP contribution in [0.5, 0.6) is 0 Å². The molecule has 3 heteroatoms. The van der Waals surface area contributed by atoms with Gasteiger partial charge in [0.25, 0.3) is 0 Å². The van der Waals surface area contributed by atoms with Gasteiger partial charge >= 0.3 is 0 Å². The van der Waals surface area contributed by atoms with Crippen LogP contribution in [-0.2, 0) is 0 Å². The lowest BCUT2D eigenvalue weighted by Crippen LogP contribution is -2.42. The molecule has 1 heterocycles. The smallest absolute Gasteiger partial charge is 0.127 e. The summed E-state index contributed by atoms with van der Waals surface area (Å²) in [5.41, 5.74) is 0. The molecule has 0 spiro atoms. The second kappa shape index (κ2) is 3.72. The van der Waals surface area contributed by atoms with E-state index in [-0.39, 0.29) is 0 Å². The summed E-state index contributed by atoms with van der Waals surface area (Å²) in [6, 6.07) is 0. The van der Waals surface area contributed by atoms with Gasteiger partial charge in [-0.15, -0.1) is 0 Å². The Labute approximate surface area is 67.5 Å². The third kappa shape index (κ3) is 1.93. The minimum Gasteiger partial charge on any atom is -0.374 e. The summed E-state index contributed by atoms with van der Waals surface area (Å²) >= 11 is 0. The second-order valence-electron chi connectivity index (χ2n) is 2.87. The van der Waals surface area contributed by atoms with Gasteiger partial charge in [0.2, 0.25) is 0 Å². The summed E-state index contributed by atoms with van der Waals surface area (Å²) in [4.78, 5) is 1.73. The molecule has 0 amide bonds. The predicted molar refractivity (Wildman–Crippen MR) is 44.3 cm³/mol. The van der Waals surface area contributed by atoms with E-state index in [4.69, 9.17) is 5.41 Å². The molecule has 0 aromatic heterocycles. The number of nitrogens with one attached hydrogen (secondary N) is 1. The van der Waals surface area contributed by atoms with E-state index in [1.54, 1.807) is 4.90 Å². The number of likely N-dealkylation sites (tertiary alicyclic amines) is 1. The number of amidine groups is 1. The van der Waals surface area contributed by atoms with Gasteiger partial charge in [0.1, 0.15) is 6.23 Å². The number of hydrogen-bond acceptors (Lipinski definition) is 2. The fourth-order valence-electron chi connectivity index (χ4n) is 1.34. The largest absolute Gasteiger partial charge is 0.374 e. The van der Waals surface area contributed by atoms with Gasteiger partial charge in [-0.25, -0.2) is 0 Å². The SMILES string of the molecule is [CH2]CC(O)N1CCCCC1=N. The summed E-state index contributed by atoms with van der Waals surface area (Å²) in [5, 5.41) is 16.9. The molecule has 63 valence electrons. The van der Waals surface area contributed by atoms with Crippen molar-refractivity contribution in [2.24, 2.45) is 0 Å². The molecule has 0 saturated carbocycles. The van der Waals surface area contributed by atoms with Crippen LogP contribution in [0.15, 0.2) is 0 Å². The highest BCUT2D eigenvalue weighted by Gasteiger charge is 2.19. The zero-order valence-electron chi connectivity index (χ0n) is 6.71. The van der Waals surface area contributed by atoms with Gasteiger partial charge in [0.15, 0.2) is 0 Å². The minimum absolute atomic E-state index is 0.461. The van der Waals surface area contributed by atoms with Gasteiger partial charge in [-0.1, -0.05) is 0 Å². The van der Waals surface area contributed by atoms with Crippen molar-refractivity contribution in [1.29, 1.82) is 5.41 Å². The van der Waals surface area contributed by atoms with Crippen molar-refractivity contribution in [2.75, 3.05) is 6.54 Å². The second-order valence-corrected chi connectivity index (χ2v) is 2.87. The van der Waals surface area contributed by atoms with Crippen molar-refractivity contribution in [3.8, 4) is 0 Å². The number of aliphatic hydroxyl groups excluding tert-OH is 1. The van der Waals surface area contributed by atoms with Crippen molar-refractivity contribution in [3.63, 3.8) is 0 Å². The topological polar surface area (TPSA) is 47.3 Å². The van der Waals surface area contributed by atoms with E-state index < -0.39 is 6.23 Å². The summed E-state index contributed by atoms with van der Waals surface area (Å²) in [6.07, 6.45) is 2.89. The average molecular weight is 155 g/mol. The maximum Gasteiger partial charge on any atom is 0.127 e. The Morgan fingerprint density at radius 3 is 2.91 bits per heavy atom. The highest BCUT2D eigenvalue weighted by Crippen LogP contribution is 2.13. The van der Waals surface area contributed by atoms with Crippen molar-refractivity contribution in [1.82, 2.24) is 4.90 Å². The molecule has 0 bridgehead atoms. The maximum atomic E-state index is 9.38. The van der Waals surface area contributed by atoms with Crippen LogP contribution in [0, 0.1) is 12.3 Å². The van der Waals surface area contributed by atoms with Crippen LogP contribution in [0.1, 0.15) is 25.7 Å². The molecule has 1 radical (unpaired) electrons. The van der Waals surface area contributed by atoms with Crippen molar-refractivity contribution < 1.29 is 5.11 Å². The molecule has 0 aromatic carbocycles. The van der Waals surface area contributed by atoms with E-state index in [1.807, 2.05) is 0 Å². The lowest BCUT2D eigenvalue weighted by atomic mass is 10.1. The Morgan fingerprint density at radius 2 is 2.36 bits per heavy atom. The molecule has 0 aromatic rings. The third-order valence-electron chi connectivity index (χ3n) is 2.03. The molecule has 11 heavy (non-hydrogen) atoms. The molecular weight excluding hydrogens is 140 g/mol. The first-order valence-electron chi connectivity index (χ1n) is 4.07. The highest BCUT2D eigenvalue weighted by atomic mass is 16.3. The molecular formula is C8H15N2O. The van der Waals surface area contributed by atoms with Crippen LogP contribution < -0.4 is 0 Å². The molecule has 1 aliphatic heterocycles. The standard InChI is InChI=1S/C8H15N2O/c1-2-8(11)10-6-4-3-5-7(10)9/h8-9,11H,1-6H2. The molecule has 1 aliphatic rings. The van der Waals surface area contributed by atoms with Crippen LogP contribution in [-0.4, -0.2) is 28.6 Å². The number of nitrogens with zero attached hydrogens (tertiary/aromatic N) is 1. The number of aliphatic hydroxyl groups is 1. The van der Waals surface area contributed by atoms with Crippen LogP contribution in [0.25, 0.3) is 0 Å². The zero-order chi connectivity index (χ0) is 8.27. The van der Waals surface area contributed by atoms with Gasteiger partial charge in [-0.05, 0) is 26.2 Å².